The molecule has 84 valence electrons. The van der Waals surface area contributed by atoms with Crippen molar-refractivity contribution in [2.24, 2.45) is 5.41 Å². The molecule has 1 rings (SSSR count). The van der Waals surface area contributed by atoms with E-state index in [4.69, 9.17) is 5.26 Å². The fourth-order valence-electron chi connectivity index (χ4n) is 1.14. The number of nitrogens with one attached hydrogen (secondary N) is 1. The zero-order valence-electron chi connectivity index (χ0n) is 9.53. The van der Waals surface area contributed by atoms with Crippen LogP contribution in [0.15, 0.2) is 24.5 Å². The first kappa shape index (κ1) is 12.2. The van der Waals surface area contributed by atoms with Crippen LogP contribution in [0.2, 0.25) is 0 Å². The number of pyridine rings is 1. The Labute approximate surface area is 95.3 Å². The third-order valence-corrected chi connectivity index (χ3v) is 2.30. The van der Waals surface area contributed by atoms with E-state index < -0.39 is 5.41 Å². The number of carbonyl (C=O) groups is 1. The summed E-state index contributed by atoms with van der Waals surface area (Å²) in [4.78, 5) is 15.5. The van der Waals surface area contributed by atoms with Crippen molar-refractivity contribution >= 4 is 5.91 Å². The Morgan fingerprint density at radius 2 is 2.12 bits per heavy atom. The Kier molecular flexibility index (Phi) is 4.01. The Bertz CT molecular complexity index is 392. The highest BCUT2D eigenvalue weighted by Gasteiger charge is 2.26. The molecule has 0 atom stereocenters. The molecule has 1 heterocycles. The van der Waals surface area contributed by atoms with Crippen LogP contribution in [0, 0.1) is 16.7 Å². The van der Waals surface area contributed by atoms with Crippen LogP contribution < -0.4 is 5.32 Å². The second kappa shape index (κ2) is 5.26. The molecule has 0 bridgehead atoms. The molecule has 0 aliphatic carbocycles. The summed E-state index contributed by atoms with van der Waals surface area (Å²) in [6, 6.07) is 5.78. The molecule has 1 N–H and O–H groups in total. The van der Waals surface area contributed by atoms with Gasteiger partial charge in [-0.15, -0.1) is 0 Å². The summed E-state index contributed by atoms with van der Waals surface area (Å²) in [6.07, 6.45) is 4.18. The van der Waals surface area contributed by atoms with Gasteiger partial charge >= 0.3 is 0 Å². The molecule has 0 saturated heterocycles. The molecule has 0 spiro atoms. The normalized spacial score (nSPS) is 10.6. The average Bonchev–Trinajstić information content (AvgIpc) is 2.30. The van der Waals surface area contributed by atoms with Crippen LogP contribution in [-0.2, 0) is 11.2 Å². The van der Waals surface area contributed by atoms with Crippen molar-refractivity contribution < 1.29 is 4.79 Å². The standard InChI is InChI=1S/C12H15N3O/c1-12(2,9-13)11(16)15-8-5-10-3-6-14-7-4-10/h3-4,6-7H,5,8H2,1-2H3,(H,15,16). The third kappa shape index (κ3) is 3.35. The summed E-state index contributed by atoms with van der Waals surface area (Å²) < 4.78 is 0. The molecule has 1 aromatic heterocycles. The number of rotatable bonds is 4. The zero-order chi connectivity index (χ0) is 12.0. The van der Waals surface area contributed by atoms with Gasteiger partial charge in [0.15, 0.2) is 0 Å². The van der Waals surface area contributed by atoms with E-state index in [9.17, 15) is 4.79 Å². The highest BCUT2D eigenvalue weighted by atomic mass is 16.2. The van der Waals surface area contributed by atoms with Crippen molar-refractivity contribution in [1.29, 1.82) is 5.26 Å². The Balaban J connectivity index is 2.38. The minimum absolute atomic E-state index is 0.232. The van der Waals surface area contributed by atoms with Gasteiger partial charge in [0.1, 0.15) is 5.41 Å². The Morgan fingerprint density at radius 3 is 2.69 bits per heavy atom. The molecule has 0 aliphatic heterocycles. The minimum Gasteiger partial charge on any atom is -0.354 e. The maximum Gasteiger partial charge on any atom is 0.239 e. The van der Waals surface area contributed by atoms with E-state index in [2.05, 4.69) is 10.3 Å². The Morgan fingerprint density at radius 1 is 1.50 bits per heavy atom. The van der Waals surface area contributed by atoms with Crippen LogP contribution in [0.3, 0.4) is 0 Å². The Hall–Kier alpha value is -1.89. The number of amides is 1. The van der Waals surface area contributed by atoms with Gasteiger partial charge in [-0.05, 0) is 38.0 Å². The summed E-state index contributed by atoms with van der Waals surface area (Å²) in [5, 5.41) is 11.5. The lowest BCUT2D eigenvalue weighted by Gasteiger charge is -2.14. The lowest BCUT2D eigenvalue weighted by Crippen LogP contribution is -2.36. The zero-order valence-corrected chi connectivity index (χ0v) is 9.53. The van der Waals surface area contributed by atoms with Crippen molar-refractivity contribution in [2.75, 3.05) is 6.54 Å². The minimum atomic E-state index is -0.960. The van der Waals surface area contributed by atoms with E-state index in [1.54, 1.807) is 26.2 Å². The largest absolute Gasteiger partial charge is 0.354 e. The molecule has 4 nitrogen and oxygen atoms in total. The molecule has 0 aliphatic rings. The predicted octanol–water partition coefficient (Wildman–Crippen LogP) is 1.29. The molecule has 1 amide bonds. The predicted molar refractivity (Wildman–Crippen MR) is 60.3 cm³/mol. The number of hydrogen-bond donors (Lipinski definition) is 1. The smallest absolute Gasteiger partial charge is 0.239 e. The van der Waals surface area contributed by atoms with Gasteiger partial charge in [-0.25, -0.2) is 0 Å². The van der Waals surface area contributed by atoms with Crippen LogP contribution in [0.1, 0.15) is 19.4 Å². The monoisotopic (exact) mass is 217 g/mol. The van der Waals surface area contributed by atoms with Crippen LogP contribution in [0.25, 0.3) is 0 Å². The van der Waals surface area contributed by atoms with E-state index >= 15 is 0 Å². The molecule has 0 aromatic carbocycles. The summed E-state index contributed by atoms with van der Waals surface area (Å²) >= 11 is 0. The van der Waals surface area contributed by atoms with Gasteiger partial charge in [0.25, 0.3) is 0 Å². The van der Waals surface area contributed by atoms with Gasteiger partial charge < -0.3 is 5.32 Å². The summed E-state index contributed by atoms with van der Waals surface area (Å²) in [5.74, 6) is -0.232. The van der Waals surface area contributed by atoms with Gasteiger partial charge in [-0.3, -0.25) is 9.78 Å². The molecule has 1 aromatic rings. The van der Waals surface area contributed by atoms with Crippen molar-refractivity contribution in [1.82, 2.24) is 10.3 Å². The maximum absolute atomic E-state index is 11.5. The van der Waals surface area contributed by atoms with Gasteiger partial charge in [0.2, 0.25) is 5.91 Å². The first-order valence-electron chi connectivity index (χ1n) is 5.15. The van der Waals surface area contributed by atoms with Crippen LogP contribution in [-0.4, -0.2) is 17.4 Å². The van der Waals surface area contributed by atoms with Gasteiger partial charge in [-0.1, -0.05) is 0 Å². The van der Waals surface area contributed by atoms with Gasteiger partial charge in [0, 0.05) is 18.9 Å². The van der Waals surface area contributed by atoms with Crippen LogP contribution >= 0.6 is 0 Å². The van der Waals surface area contributed by atoms with E-state index in [0.29, 0.717) is 6.54 Å². The highest BCUT2D eigenvalue weighted by molar-refractivity contribution is 5.84. The van der Waals surface area contributed by atoms with Crippen LogP contribution in [0.5, 0.6) is 0 Å². The molecule has 4 heteroatoms. The van der Waals surface area contributed by atoms with E-state index in [-0.39, 0.29) is 5.91 Å². The van der Waals surface area contributed by atoms with E-state index in [1.807, 2.05) is 18.2 Å². The lowest BCUT2D eigenvalue weighted by molar-refractivity contribution is -0.126. The van der Waals surface area contributed by atoms with Gasteiger partial charge in [-0.2, -0.15) is 5.26 Å². The number of carbonyl (C=O) groups excluding carboxylic acids is 1. The van der Waals surface area contributed by atoms with Crippen molar-refractivity contribution in [2.45, 2.75) is 20.3 Å². The molecular formula is C12H15N3O. The topological polar surface area (TPSA) is 65.8 Å². The third-order valence-electron chi connectivity index (χ3n) is 2.30. The maximum atomic E-state index is 11.5. The number of nitrogens with zero attached hydrogens (tertiary/aromatic N) is 2. The SMILES string of the molecule is CC(C)(C#N)C(=O)NCCc1ccncc1. The first-order chi connectivity index (χ1) is 7.56. The fourth-order valence-corrected chi connectivity index (χ4v) is 1.14. The number of nitriles is 1. The number of hydrogen-bond acceptors (Lipinski definition) is 3. The quantitative estimate of drug-likeness (QED) is 0.826. The second-order valence-corrected chi connectivity index (χ2v) is 4.10. The van der Waals surface area contributed by atoms with Gasteiger partial charge in [0.05, 0.1) is 6.07 Å². The lowest BCUT2D eigenvalue weighted by atomic mass is 9.95. The summed E-state index contributed by atoms with van der Waals surface area (Å²) in [7, 11) is 0. The van der Waals surface area contributed by atoms with E-state index in [1.165, 1.54) is 0 Å². The molecule has 0 unspecified atom stereocenters. The average molecular weight is 217 g/mol. The molecular weight excluding hydrogens is 202 g/mol. The summed E-state index contributed by atoms with van der Waals surface area (Å²) in [6.45, 7) is 3.75. The number of aromatic nitrogens is 1. The fraction of sp³-hybridized carbons (Fsp3) is 0.417. The molecule has 0 radical (unpaired) electrons. The highest BCUT2D eigenvalue weighted by Crippen LogP contribution is 2.12. The van der Waals surface area contributed by atoms with Crippen molar-refractivity contribution in [3.8, 4) is 6.07 Å². The summed E-state index contributed by atoms with van der Waals surface area (Å²) in [5.41, 5.74) is 0.156. The molecule has 16 heavy (non-hydrogen) atoms. The molecule has 0 fully saturated rings. The molecule has 0 saturated carbocycles. The van der Waals surface area contributed by atoms with Crippen LogP contribution in [0.4, 0.5) is 0 Å². The second-order valence-electron chi connectivity index (χ2n) is 4.10. The van der Waals surface area contributed by atoms with E-state index in [0.717, 1.165) is 12.0 Å². The first-order valence-corrected chi connectivity index (χ1v) is 5.15. The van der Waals surface area contributed by atoms with Crippen molar-refractivity contribution in [3.63, 3.8) is 0 Å². The van der Waals surface area contributed by atoms with Crippen molar-refractivity contribution in [3.05, 3.63) is 30.1 Å².